The Bertz CT molecular complexity index is 368. The lowest BCUT2D eigenvalue weighted by Gasteiger charge is -2.18. The molecule has 2 rings (SSSR count). The highest BCUT2D eigenvalue weighted by molar-refractivity contribution is 7.99. The lowest BCUT2D eigenvalue weighted by molar-refractivity contribution is 0.662. The summed E-state index contributed by atoms with van der Waals surface area (Å²) in [4.78, 5) is 8.77. The van der Waals surface area contributed by atoms with Crippen LogP contribution in [-0.2, 0) is 12.8 Å². The summed E-state index contributed by atoms with van der Waals surface area (Å²) in [5.74, 6) is 1.07. The van der Waals surface area contributed by atoms with Crippen LogP contribution in [0.15, 0.2) is 6.33 Å². The van der Waals surface area contributed by atoms with Crippen molar-refractivity contribution in [2.75, 3.05) is 18.1 Å². The van der Waals surface area contributed by atoms with Gasteiger partial charge in [-0.1, -0.05) is 6.92 Å². The molecule has 1 N–H and O–H groups in total. The first-order valence-corrected chi connectivity index (χ1v) is 7.69. The largest absolute Gasteiger partial charge is 0.370 e. The number of rotatable bonds is 5. The number of nitrogens with one attached hydrogen (secondary N) is 1. The molecule has 1 atom stereocenters. The van der Waals surface area contributed by atoms with Gasteiger partial charge in [0, 0.05) is 23.1 Å². The highest BCUT2D eigenvalue weighted by Crippen LogP contribution is 2.24. The van der Waals surface area contributed by atoms with Crippen molar-refractivity contribution >= 4 is 17.6 Å². The van der Waals surface area contributed by atoms with Crippen molar-refractivity contribution in [3.8, 4) is 0 Å². The van der Waals surface area contributed by atoms with E-state index in [1.165, 1.54) is 30.5 Å². The monoisotopic (exact) mass is 251 g/mol. The van der Waals surface area contributed by atoms with E-state index in [1.807, 2.05) is 11.8 Å². The molecule has 0 aromatic carbocycles. The maximum Gasteiger partial charge on any atom is 0.132 e. The topological polar surface area (TPSA) is 37.8 Å². The molecule has 0 radical (unpaired) electrons. The fraction of sp³-hybridized carbons (Fsp3) is 0.692. The van der Waals surface area contributed by atoms with Gasteiger partial charge in [0.15, 0.2) is 0 Å². The van der Waals surface area contributed by atoms with Crippen LogP contribution in [0.1, 0.15) is 37.4 Å². The zero-order valence-electron chi connectivity index (χ0n) is 10.7. The van der Waals surface area contributed by atoms with E-state index in [2.05, 4.69) is 28.5 Å². The van der Waals surface area contributed by atoms with Crippen molar-refractivity contribution in [1.82, 2.24) is 9.97 Å². The Morgan fingerprint density at radius 3 is 3.00 bits per heavy atom. The highest BCUT2D eigenvalue weighted by atomic mass is 32.2. The maximum atomic E-state index is 4.39. The Hall–Kier alpha value is -0.770. The number of fused-ring (bicyclic) bond motifs is 1. The summed E-state index contributed by atoms with van der Waals surface area (Å²) >= 11 is 1.92. The van der Waals surface area contributed by atoms with Crippen LogP contribution in [0.2, 0.25) is 0 Å². The molecule has 1 unspecified atom stereocenters. The predicted molar refractivity (Wildman–Crippen MR) is 74.8 cm³/mol. The minimum absolute atomic E-state index is 0.708. The number of hydrogen-bond acceptors (Lipinski definition) is 4. The molecule has 3 nitrogen and oxygen atoms in total. The van der Waals surface area contributed by atoms with Gasteiger partial charge >= 0.3 is 0 Å². The Morgan fingerprint density at radius 1 is 1.35 bits per heavy atom. The lowest BCUT2D eigenvalue weighted by Crippen LogP contribution is -2.14. The fourth-order valence-electron chi connectivity index (χ4n) is 2.19. The van der Waals surface area contributed by atoms with Gasteiger partial charge in [0.2, 0.25) is 0 Å². The van der Waals surface area contributed by atoms with Gasteiger partial charge in [-0.3, -0.25) is 0 Å². The van der Waals surface area contributed by atoms with Gasteiger partial charge in [0.1, 0.15) is 12.1 Å². The van der Waals surface area contributed by atoms with E-state index in [4.69, 9.17) is 0 Å². The Balaban J connectivity index is 1.96. The molecular weight excluding hydrogens is 230 g/mol. The summed E-state index contributed by atoms with van der Waals surface area (Å²) in [5.41, 5.74) is 2.61. The Kier molecular flexibility index (Phi) is 4.66. The van der Waals surface area contributed by atoms with Crippen LogP contribution in [0.3, 0.4) is 0 Å². The molecule has 0 amide bonds. The van der Waals surface area contributed by atoms with Gasteiger partial charge in [-0.25, -0.2) is 9.97 Å². The third-order valence-electron chi connectivity index (χ3n) is 3.37. The molecule has 0 saturated heterocycles. The number of hydrogen-bond donors (Lipinski definition) is 1. The molecule has 0 fully saturated rings. The molecule has 0 aliphatic heterocycles. The second-order valence-electron chi connectivity index (χ2n) is 4.62. The quantitative estimate of drug-likeness (QED) is 0.873. The molecule has 1 heterocycles. The smallest absolute Gasteiger partial charge is 0.132 e. The maximum absolute atomic E-state index is 4.39. The van der Waals surface area contributed by atoms with Gasteiger partial charge in [0.25, 0.3) is 0 Å². The van der Waals surface area contributed by atoms with E-state index < -0.39 is 0 Å². The van der Waals surface area contributed by atoms with Crippen LogP contribution >= 0.6 is 11.8 Å². The molecule has 0 saturated carbocycles. The SMILES string of the molecule is CSC(C)CCNc1ncnc2c1CCCC2. The number of aryl methyl sites for hydroxylation is 1. The van der Waals surface area contributed by atoms with Crippen molar-refractivity contribution in [3.63, 3.8) is 0 Å². The van der Waals surface area contributed by atoms with Crippen molar-refractivity contribution < 1.29 is 0 Å². The van der Waals surface area contributed by atoms with Gasteiger partial charge in [0.05, 0.1) is 0 Å². The van der Waals surface area contributed by atoms with E-state index in [0.29, 0.717) is 5.25 Å². The summed E-state index contributed by atoms with van der Waals surface area (Å²) in [6.45, 7) is 3.27. The Labute approximate surface area is 108 Å². The average Bonchev–Trinajstić information content (AvgIpc) is 2.39. The van der Waals surface area contributed by atoms with Gasteiger partial charge in [-0.2, -0.15) is 11.8 Å². The first-order valence-electron chi connectivity index (χ1n) is 6.40. The number of anilines is 1. The standard InChI is InChI=1S/C13H21N3S/c1-10(17-2)7-8-14-13-11-5-3-4-6-12(11)15-9-16-13/h9-10H,3-8H2,1-2H3,(H,14,15,16). The van der Waals surface area contributed by atoms with Crippen molar-refractivity contribution in [3.05, 3.63) is 17.6 Å². The zero-order valence-corrected chi connectivity index (χ0v) is 11.5. The van der Waals surface area contributed by atoms with Gasteiger partial charge < -0.3 is 5.32 Å². The molecule has 1 aromatic rings. The summed E-state index contributed by atoms with van der Waals surface area (Å²) in [6, 6.07) is 0. The van der Waals surface area contributed by atoms with E-state index in [0.717, 1.165) is 25.2 Å². The second kappa shape index (κ2) is 6.24. The normalized spacial score (nSPS) is 16.4. The van der Waals surface area contributed by atoms with Crippen LogP contribution in [0.5, 0.6) is 0 Å². The van der Waals surface area contributed by atoms with Crippen LogP contribution in [0.25, 0.3) is 0 Å². The minimum Gasteiger partial charge on any atom is -0.370 e. The number of aromatic nitrogens is 2. The first-order chi connectivity index (χ1) is 8.31. The number of thioether (sulfide) groups is 1. The van der Waals surface area contributed by atoms with E-state index in [1.54, 1.807) is 6.33 Å². The van der Waals surface area contributed by atoms with Gasteiger partial charge in [-0.15, -0.1) is 0 Å². The minimum atomic E-state index is 0.708. The summed E-state index contributed by atoms with van der Waals surface area (Å²) in [7, 11) is 0. The molecule has 1 aromatic heterocycles. The van der Waals surface area contributed by atoms with Crippen LogP contribution < -0.4 is 5.32 Å². The predicted octanol–water partition coefficient (Wildman–Crippen LogP) is 2.91. The van der Waals surface area contributed by atoms with Crippen molar-refractivity contribution in [2.45, 2.75) is 44.3 Å². The van der Waals surface area contributed by atoms with E-state index >= 15 is 0 Å². The third kappa shape index (κ3) is 3.35. The van der Waals surface area contributed by atoms with Crippen LogP contribution in [0, 0.1) is 0 Å². The molecule has 4 heteroatoms. The average molecular weight is 251 g/mol. The third-order valence-corrected chi connectivity index (χ3v) is 4.41. The van der Waals surface area contributed by atoms with Gasteiger partial charge in [-0.05, 0) is 38.4 Å². The highest BCUT2D eigenvalue weighted by Gasteiger charge is 2.14. The van der Waals surface area contributed by atoms with Crippen molar-refractivity contribution in [2.24, 2.45) is 0 Å². The zero-order chi connectivity index (χ0) is 12.1. The second-order valence-corrected chi connectivity index (χ2v) is 5.89. The lowest BCUT2D eigenvalue weighted by atomic mass is 9.96. The molecular formula is C13H21N3S. The van der Waals surface area contributed by atoms with Crippen molar-refractivity contribution in [1.29, 1.82) is 0 Å². The first kappa shape index (κ1) is 12.7. The molecule has 17 heavy (non-hydrogen) atoms. The van der Waals surface area contributed by atoms with Crippen LogP contribution in [-0.4, -0.2) is 28.0 Å². The van der Waals surface area contributed by atoms with Crippen LogP contribution in [0.4, 0.5) is 5.82 Å². The molecule has 94 valence electrons. The summed E-state index contributed by atoms with van der Waals surface area (Å²) in [6.07, 6.45) is 9.84. The Morgan fingerprint density at radius 2 is 2.18 bits per heavy atom. The molecule has 1 aliphatic rings. The summed E-state index contributed by atoms with van der Waals surface area (Å²) < 4.78 is 0. The molecule has 1 aliphatic carbocycles. The molecule has 0 bridgehead atoms. The van der Waals surface area contributed by atoms with E-state index in [-0.39, 0.29) is 0 Å². The fourth-order valence-corrected chi connectivity index (χ4v) is 2.54. The summed E-state index contributed by atoms with van der Waals surface area (Å²) in [5, 5.41) is 4.18. The number of nitrogens with zero attached hydrogens (tertiary/aromatic N) is 2. The molecule has 0 spiro atoms. The van der Waals surface area contributed by atoms with E-state index in [9.17, 15) is 0 Å².